The zero-order valence-electron chi connectivity index (χ0n) is 17.4. The van der Waals surface area contributed by atoms with Gasteiger partial charge in [-0.15, -0.1) is 11.3 Å². The Labute approximate surface area is 178 Å². The zero-order valence-corrected chi connectivity index (χ0v) is 18.3. The van der Waals surface area contributed by atoms with E-state index >= 15 is 0 Å². The molecule has 0 amide bonds. The summed E-state index contributed by atoms with van der Waals surface area (Å²) in [5.41, 5.74) is 4.93. The monoisotopic (exact) mass is 426 g/mol. The Morgan fingerprint density at radius 2 is 2.10 bits per heavy atom. The van der Waals surface area contributed by atoms with Crippen LogP contribution in [0.2, 0.25) is 0 Å². The summed E-state index contributed by atoms with van der Waals surface area (Å²) in [6.45, 7) is 7.46. The van der Waals surface area contributed by atoms with Gasteiger partial charge in [0.1, 0.15) is 4.83 Å². The number of anilines is 1. The van der Waals surface area contributed by atoms with E-state index in [0.717, 1.165) is 40.8 Å². The summed E-state index contributed by atoms with van der Waals surface area (Å²) in [4.78, 5) is 20.3. The average Bonchev–Trinajstić information content (AvgIpc) is 3.32. The number of hydrogen-bond acceptors (Lipinski definition) is 7. The number of nitrogen functional groups attached to an aromatic ring is 1. The molecule has 30 heavy (non-hydrogen) atoms. The van der Waals surface area contributed by atoms with E-state index in [1.807, 2.05) is 18.2 Å². The first-order valence-corrected chi connectivity index (χ1v) is 11.1. The second-order valence-corrected chi connectivity index (χ2v) is 10.2. The van der Waals surface area contributed by atoms with Crippen molar-refractivity contribution in [3.63, 3.8) is 0 Å². The van der Waals surface area contributed by atoms with Crippen LogP contribution >= 0.6 is 11.3 Å². The maximum Gasteiger partial charge on any atom is 0.264 e. The van der Waals surface area contributed by atoms with Crippen LogP contribution in [0.15, 0.2) is 23.0 Å². The first kappa shape index (κ1) is 19.4. The molecule has 1 aliphatic carbocycles. The van der Waals surface area contributed by atoms with Crippen LogP contribution in [0, 0.1) is 11.3 Å². The first-order chi connectivity index (χ1) is 14.3. The summed E-state index contributed by atoms with van der Waals surface area (Å²) < 4.78 is 12.5. The van der Waals surface area contributed by atoms with Crippen LogP contribution in [0.25, 0.3) is 10.2 Å². The van der Waals surface area contributed by atoms with Gasteiger partial charge in [0.15, 0.2) is 11.5 Å². The number of hydrogen-bond donors (Lipinski definition) is 2. The minimum Gasteiger partial charge on any atom is -0.454 e. The average molecular weight is 427 g/mol. The Hall–Kier alpha value is -2.58. The smallest absolute Gasteiger partial charge is 0.264 e. The van der Waals surface area contributed by atoms with Gasteiger partial charge in [0.2, 0.25) is 12.7 Å². The molecule has 2 aliphatic rings. The van der Waals surface area contributed by atoms with Gasteiger partial charge in [-0.1, -0.05) is 26.8 Å². The van der Waals surface area contributed by atoms with Gasteiger partial charge in [-0.05, 0) is 53.9 Å². The van der Waals surface area contributed by atoms with Gasteiger partial charge < -0.3 is 9.47 Å². The zero-order chi connectivity index (χ0) is 21.0. The topological polar surface area (TPSA) is 91.4 Å². The van der Waals surface area contributed by atoms with Gasteiger partial charge in [0, 0.05) is 4.88 Å². The molecule has 3 aromatic rings. The van der Waals surface area contributed by atoms with E-state index in [-0.39, 0.29) is 17.8 Å². The van der Waals surface area contributed by atoms with Gasteiger partial charge in [0.05, 0.1) is 11.9 Å². The molecule has 1 unspecified atom stereocenters. The molecule has 5 rings (SSSR count). The highest BCUT2D eigenvalue weighted by Crippen LogP contribution is 2.42. The fourth-order valence-corrected chi connectivity index (χ4v) is 5.77. The van der Waals surface area contributed by atoms with E-state index < -0.39 is 0 Å². The van der Waals surface area contributed by atoms with Crippen LogP contribution in [0.3, 0.4) is 0 Å². The Balaban J connectivity index is 1.58. The molecule has 158 valence electrons. The Bertz CT molecular complexity index is 1190. The van der Waals surface area contributed by atoms with E-state index in [9.17, 15) is 4.79 Å². The summed E-state index contributed by atoms with van der Waals surface area (Å²) >= 11 is 1.64. The normalized spacial score (nSPS) is 17.9. The second kappa shape index (κ2) is 6.99. The lowest BCUT2D eigenvalue weighted by Crippen LogP contribution is -2.29. The highest BCUT2D eigenvalue weighted by molar-refractivity contribution is 7.18. The minimum absolute atomic E-state index is 0.0441. The van der Waals surface area contributed by atoms with Gasteiger partial charge in [0.25, 0.3) is 5.56 Å². The first-order valence-electron chi connectivity index (χ1n) is 10.3. The van der Waals surface area contributed by atoms with Crippen molar-refractivity contribution in [1.29, 1.82) is 0 Å². The van der Waals surface area contributed by atoms with Crippen LogP contribution in [0.4, 0.5) is 5.95 Å². The van der Waals surface area contributed by atoms with Crippen LogP contribution in [-0.4, -0.2) is 16.3 Å². The summed E-state index contributed by atoms with van der Waals surface area (Å²) in [7, 11) is 0. The molecule has 0 spiro atoms. The molecule has 8 heteroatoms. The van der Waals surface area contributed by atoms with E-state index in [2.05, 4.69) is 26.2 Å². The third-order valence-corrected chi connectivity index (χ3v) is 7.45. The molecular formula is C22H26N4O3S. The largest absolute Gasteiger partial charge is 0.454 e. The van der Waals surface area contributed by atoms with Crippen molar-refractivity contribution in [2.45, 2.75) is 46.6 Å². The lowest BCUT2D eigenvalue weighted by Gasteiger charge is -2.33. The predicted octanol–water partition coefficient (Wildman–Crippen LogP) is 3.67. The molecule has 3 N–H and O–H groups in total. The number of thiophene rings is 1. The Morgan fingerprint density at radius 3 is 2.87 bits per heavy atom. The Kier molecular flexibility index (Phi) is 4.52. The lowest BCUT2D eigenvalue weighted by molar-refractivity contribution is 0.174. The van der Waals surface area contributed by atoms with Crippen molar-refractivity contribution < 1.29 is 9.47 Å². The molecule has 1 aromatic carbocycles. The molecule has 0 radical (unpaired) electrons. The van der Waals surface area contributed by atoms with Gasteiger partial charge in [-0.2, -0.15) is 0 Å². The van der Waals surface area contributed by atoms with Crippen LogP contribution < -0.4 is 26.3 Å². The summed E-state index contributed by atoms with van der Waals surface area (Å²) in [6, 6.07) is 5.70. The third kappa shape index (κ3) is 3.15. The van der Waals surface area contributed by atoms with Crippen molar-refractivity contribution in [2.75, 3.05) is 12.2 Å². The van der Waals surface area contributed by atoms with E-state index in [0.29, 0.717) is 24.2 Å². The highest BCUT2D eigenvalue weighted by Gasteiger charge is 2.32. The number of aromatic nitrogens is 2. The highest BCUT2D eigenvalue weighted by atomic mass is 32.1. The second-order valence-electron chi connectivity index (χ2n) is 9.15. The van der Waals surface area contributed by atoms with Crippen molar-refractivity contribution in [2.24, 2.45) is 17.2 Å². The van der Waals surface area contributed by atoms with Crippen molar-refractivity contribution in [3.8, 4) is 11.5 Å². The number of benzene rings is 1. The standard InChI is InChI=1S/C22H26N4O3S/c1-22(2,3)13-5-6-14-17(9-13)30-19-18(14)20(27)26(21(24-19)25-23)10-12-4-7-15-16(8-12)29-11-28-15/h4,7-8,13H,5-6,9-11,23H2,1-3H3,(H,24,25). The molecule has 0 saturated heterocycles. The van der Waals surface area contributed by atoms with Gasteiger partial charge >= 0.3 is 0 Å². The maximum absolute atomic E-state index is 13.5. The van der Waals surface area contributed by atoms with Crippen molar-refractivity contribution in [3.05, 3.63) is 44.6 Å². The quantitative estimate of drug-likeness (QED) is 0.490. The molecule has 7 nitrogen and oxygen atoms in total. The summed E-state index contributed by atoms with van der Waals surface area (Å²) in [6.07, 6.45) is 3.03. The van der Waals surface area contributed by atoms with Crippen molar-refractivity contribution >= 4 is 27.5 Å². The molecule has 3 heterocycles. The van der Waals surface area contributed by atoms with Crippen LogP contribution in [0.1, 0.15) is 43.2 Å². The summed E-state index contributed by atoms with van der Waals surface area (Å²) in [5.74, 6) is 8.14. The van der Waals surface area contributed by atoms with Crippen LogP contribution in [-0.2, 0) is 19.4 Å². The lowest BCUT2D eigenvalue weighted by atomic mass is 9.72. The molecule has 0 saturated carbocycles. The fourth-order valence-electron chi connectivity index (χ4n) is 4.48. The Morgan fingerprint density at radius 1 is 1.30 bits per heavy atom. The predicted molar refractivity (Wildman–Crippen MR) is 118 cm³/mol. The molecular weight excluding hydrogens is 400 g/mol. The molecule has 1 atom stereocenters. The molecule has 1 aliphatic heterocycles. The maximum atomic E-state index is 13.5. The number of rotatable bonds is 3. The number of nitrogens with two attached hydrogens (primary N) is 1. The molecule has 2 aromatic heterocycles. The SMILES string of the molecule is CC(C)(C)C1CCc2c(sc3nc(NN)n(Cc4ccc5c(c4)OCO5)c(=O)c23)C1. The fraction of sp³-hybridized carbons (Fsp3) is 0.455. The van der Waals surface area contributed by atoms with E-state index in [4.69, 9.17) is 20.3 Å². The van der Waals surface area contributed by atoms with Gasteiger partial charge in [-0.3, -0.25) is 14.8 Å². The van der Waals surface area contributed by atoms with Gasteiger partial charge in [-0.25, -0.2) is 10.8 Å². The van der Waals surface area contributed by atoms with Crippen molar-refractivity contribution in [1.82, 2.24) is 9.55 Å². The third-order valence-electron chi connectivity index (χ3n) is 6.30. The van der Waals surface area contributed by atoms with E-state index in [1.54, 1.807) is 15.9 Å². The number of nitrogens with zero attached hydrogens (tertiary/aromatic N) is 2. The number of hydrazine groups is 1. The van der Waals surface area contributed by atoms with Crippen LogP contribution in [0.5, 0.6) is 11.5 Å². The van der Waals surface area contributed by atoms with E-state index in [1.165, 1.54) is 10.4 Å². The number of nitrogens with one attached hydrogen (secondary N) is 1. The minimum atomic E-state index is -0.0441. The molecule has 0 bridgehead atoms. The molecule has 0 fully saturated rings. The number of ether oxygens (including phenoxy) is 2. The number of fused-ring (bicyclic) bond motifs is 4. The number of aryl methyl sites for hydroxylation is 1. The summed E-state index contributed by atoms with van der Waals surface area (Å²) in [5, 5.41) is 0.752.